The first-order valence-corrected chi connectivity index (χ1v) is 6.40. The zero-order valence-corrected chi connectivity index (χ0v) is 11.3. The monoisotopic (exact) mass is 240 g/mol. The predicted octanol–water partition coefficient (Wildman–Crippen LogP) is 3.56. The van der Waals surface area contributed by atoms with Crippen molar-refractivity contribution in [3.63, 3.8) is 0 Å². The Balaban J connectivity index is 2.36. The highest BCUT2D eigenvalue weighted by atomic mass is 14.9. The zero-order chi connectivity index (χ0) is 13.0. The molecular formula is C16H20N2. The molecule has 0 aliphatic carbocycles. The fourth-order valence-electron chi connectivity index (χ4n) is 2.03. The van der Waals surface area contributed by atoms with Gasteiger partial charge < -0.3 is 5.32 Å². The molecule has 94 valence electrons. The Morgan fingerprint density at radius 3 is 2.61 bits per heavy atom. The van der Waals surface area contributed by atoms with E-state index in [1.54, 1.807) is 0 Å². The van der Waals surface area contributed by atoms with Crippen LogP contribution in [0.4, 0.5) is 0 Å². The quantitative estimate of drug-likeness (QED) is 0.884. The standard InChI is InChI=1S/C16H20N2/c1-12(2)18-11-14-6-4-5-7-16(14)15-8-9-17-10-13(15)3/h4-10,12,18H,11H2,1-3H3. The second kappa shape index (κ2) is 5.78. The van der Waals surface area contributed by atoms with Crippen molar-refractivity contribution in [3.8, 4) is 11.1 Å². The lowest BCUT2D eigenvalue weighted by Gasteiger charge is -2.14. The molecule has 2 heteroatoms. The summed E-state index contributed by atoms with van der Waals surface area (Å²) in [4.78, 5) is 4.16. The van der Waals surface area contributed by atoms with Gasteiger partial charge >= 0.3 is 0 Å². The minimum Gasteiger partial charge on any atom is -0.310 e. The average Bonchev–Trinajstić information content (AvgIpc) is 2.37. The molecule has 2 aromatic rings. The van der Waals surface area contributed by atoms with Gasteiger partial charge in [-0.2, -0.15) is 0 Å². The van der Waals surface area contributed by atoms with Gasteiger partial charge in [0.2, 0.25) is 0 Å². The van der Waals surface area contributed by atoms with Crippen LogP contribution < -0.4 is 5.32 Å². The third kappa shape index (κ3) is 2.96. The molecule has 0 radical (unpaired) electrons. The van der Waals surface area contributed by atoms with Crippen LogP contribution in [0.2, 0.25) is 0 Å². The number of benzene rings is 1. The van der Waals surface area contributed by atoms with Gasteiger partial charge in [0.1, 0.15) is 0 Å². The lowest BCUT2D eigenvalue weighted by molar-refractivity contribution is 0.589. The van der Waals surface area contributed by atoms with Crippen LogP contribution >= 0.6 is 0 Å². The Bertz CT molecular complexity index is 518. The fraction of sp³-hybridized carbons (Fsp3) is 0.312. The van der Waals surface area contributed by atoms with Gasteiger partial charge in [-0.3, -0.25) is 4.98 Å². The van der Waals surface area contributed by atoms with E-state index in [4.69, 9.17) is 0 Å². The van der Waals surface area contributed by atoms with Gasteiger partial charge in [0, 0.05) is 25.0 Å². The molecule has 0 amide bonds. The van der Waals surface area contributed by atoms with Crippen LogP contribution in [0.5, 0.6) is 0 Å². The third-order valence-electron chi connectivity index (χ3n) is 3.03. The van der Waals surface area contributed by atoms with Crippen molar-refractivity contribution in [2.45, 2.75) is 33.4 Å². The molecule has 0 fully saturated rings. The fourth-order valence-corrected chi connectivity index (χ4v) is 2.03. The summed E-state index contributed by atoms with van der Waals surface area (Å²) in [6.45, 7) is 7.34. The smallest absolute Gasteiger partial charge is 0.0303 e. The number of nitrogens with zero attached hydrogens (tertiary/aromatic N) is 1. The average molecular weight is 240 g/mol. The molecule has 0 atom stereocenters. The van der Waals surface area contributed by atoms with E-state index in [0.29, 0.717) is 6.04 Å². The summed E-state index contributed by atoms with van der Waals surface area (Å²) in [5.41, 5.74) is 5.12. The lowest BCUT2D eigenvalue weighted by atomic mass is 9.97. The van der Waals surface area contributed by atoms with E-state index in [0.717, 1.165) is 6.54 Å². The first-order chi connectivity index (χ1) is 8.68. The largest absolute Gasteiger partial charge is 0.310 e. The first kappa shape index (κ1) is 12.8. The second-order valence-electron chi connectivity index (χ2n) is 4.88. The summed E-state index contributed by atoms with van der Waals surface area (Å²) in [5.74, 6) is 0. The summed E-state index contributed by atoms with van der Waals surface area (Å²) in [5, 5.41) is 3.48. The second-order valence-corrected chi connectivity index (χ2v) is 4.88. The van der Waals surface area contributed by atoms with Gasteiger partial charge in [0.25, 0.3) is 0 Å². The normalized spacial score (nSPS) is 10.9. The number of aryl methyl sites for hydroxylation is 1. The Labute approximate surface area is 109 Å². The number of pyridine rings is 1. The zero-order valence-electron chi connectivity index (χ0n) is 11.3. The van der Waals surface area contributed by atoms with Crippen molar-refractivity contribution in [3.05, 3.63) is 53.9 Å². The molecule has 1 heterocycles. The molecule has 0 saturated heterocycles. The molecular weight excluding hydrogens is 220 g/mol. The van der Waals surface area contributed by atoms with E-state index in [1.165, 1.54) is 22.3 Å². The van der Waals surface area contributed by atoms with E-state index in [-0.39, 0.29) is 0 Å². The Kier molecular flexibility index (Phi) is 4.11. The Morgan fingerprint density at radius 2 is 1.89 bits per heavy atom. The third-order valence-corrected chi connectivity index (χ3v) is 3.03. The van der Waals surface area contributed by atoms with E-state index < -0.39 is 0 Å². The molecule has 0 aliphatic heterocycles. The molecule has 0 unspecified atom stereocenters. The van der Waals surface area contributed by atoms with Crippen LogP contribution in [0.1, 0.15) is 25.0 Å². The molecule has 2 nitrogen and oxygen atoms in total. The highest BCUT2D eigenvalue weighted by Gasteiger charge is 2.07. The van der Waals surface area contributed by atoms with Crippen molar-refractivity contribution in [1.29, 1.82) is 0 Å². The molecule has 18 heavy (non-hydrogen) atoms. The summed E-state index contributed by atoms with van der Waals surface area (Å²) >= 11 is 0. The van der Waals surface area contributed by atoms with Gasteiger partial charge in [0.15, 0.2) is 0 Å². The van der Waals surface area contributed by atoms with E-state index >= 15 is 0 Å². The Hall–Kier alpha value is -1.67. The maximum atomic E-state index is 4.16. The van der Waals surface area contributed by atoms with Crippen molar-refractivity contribution in [2.24, 2.45) is 0 Å². The highest BCUT2D eigenvalue weighted by Crippen LogP contribution is 2.26. The van der Waals surface area contributed by atoms with Gasteiger partial charge in [-0.1, -0.05) is 38.1 Å². The predicted molar refractivity (Wildman–Crippen MR) is 76.4 cm³/mol. The van der Waals surface area contributed by atoms with Crippen molar-refractivity contribution in [2.75, 3.05) is 0 Å². The minimum atomic E-state index is 0.497. The van der Waals surface area contributed by atoms with Crippen LogP contribution in [-0.2, 0) is 6.54 Å². The molecule has 1 aromatic heterocycles. The van der Waals surface area contributed by atoms with Crippen LogP contribution in [-0.4, -0.2) is 11.0 Å². The van der Waals surface area contributed by atoms with Crippen LogP contribution in [0, 0.1) is 6.92 Å². The summed E-state index contributed by atoms with van der Waals surface area (Å²) in [7, 11) is 0. The maximum absolute atomic E-state index is 4.16. The molecule has 0 bridgehead atoms. The molecule has 2 rings (SSSR count). The van der Waals surface area contributed by atoms with E-state index in [2.05, 4.69) is 61.4 Å². The molecule has 0 spiro atoms. The minimum absolute atomic E-state index is 0.497. The Morgan fingerprint density at radius 1 is 1.11 bits per heavy atom. The molecule has 1 N–H and O–H groups in total. The number of hydrogen-bond acceptors (Lipinski definition) is 2. The maximum Gasteiger partial charge on any atom is 0.0303 e. The summed E-state index contributed by atoms with van der Waals surface area (Å²) in [6, 6.07) is 11.1. The summed E-state index contributed by atoms with van der Waals surface area (Å²) in [6.07, 6.45) is 3.77. The highest BCUT2D eigenvalue weighted by molar-refractivity contribution is 5.69. The van der Waals surface area contributed by atoms with Crippen molar-refractivity contribution in [1.82, 2.24) is 10.3 Å². The van der Waals surface area contributed by atoms with Crippen LogP contribution in [0.3, 0.4) is 0 Å². The van der Waals surface area contributed by atoms with Gasteiger partial charge in [-0.05, 0) is 35.2 Å². The number of rotatable bonds is 4. The SMILES string of the molecule is Cc1cnccc1-c1ccccc1CNC(C)C. The van der Waals surface area contributed by atoms with Gasteiger partial charge in [-0.25, -0.2) is 0 Å². The van der Waals surface area contributed by atoms with E-state index in [1.807, 2.05) is 12.4 Å². The van der Waals surface area contributed by atoms with E-state index in [9.17, 15) is 0 Å². The molecule has 1 aromatic carbocycles. The summed E-state index contributed by atoms with van der Waals surface area (Å²) < 4.78 is 0. The number of hydrogen-bond donors (Lipinski definition) is 1. The topological polar surface area (TPSA) is 24.9 Å². The van der Waals surface area contributed by atoms with Gasteiger partial charge in [-0.15, -0.1) is 0 Å². The van der Waals surface area contributed by atoms with Crippen molar-refractivity contribution < 1.29 is 0 Å². The van der Waals surface area contributed by atoms with Crippen LogP contribution in [0.25, 0.3) is 11.1 Å². The molecule has 0 aliphatic rings. The van der Waals surface area contributed by atoms with Crippen molar-refractivity contribution >= 4 is 0 Å². The number of nitrogens with one attached hydrogen (secondary N) is 1. The molecule has 0 saturated carbocycles. The van der Waals surface area contributed by atoms with Gasteiger partial charge in [0.05, 0.1) is 0 Å². The first-order valence-electron chi connectivity index (χ1n) is 6.40. The lowest BCUT2D eigenvalue weighted by Crippen LogP contribution is -2.22. The van der Waals surface area contributed by atoms with Crippen LogP contribution in [0.15, 0.2) is 42.7 Å². The number of aromatic nitrogens is 1.